The zero-order valence-corrected chi connectivity index (χ0v) is 19.0. The molecule has 1 heterocycles. The fraction of sp³-hybridized carbons (Fsp3) is 0.500. The van der Waals surface area contributed by atoms with Gasteiger partial charge in [-0.2, -0.15) is 0 Å². The van der Waals surface area contributed by atoms with E-state index in [4.69, 9.17) is 14.2 Å². The molecule has 8 heteroatoms. The standard InChI is InChI=1S/C22H32N4O4/c1-8-9-10-11-23-20-21(30-7)25-19(14(2)24-20)18-16(28-5)12-15(13-17(18)29-6)22(27)26(3)4/h12-13H,8-11H2,1-7H3,(H,23,24). The van der Waals surface area contributed by atoms with Crippen molar-refractivity contribution >= 4 is 11.7 Å². The number of benzene rings is 1. The number of hydrogen-bond acceptors (Lipinski definition) is 7. The molecule has 164 valence electrons. The largest absolute Gasteiger partial charge is 0.496 e. The maximum atomic E-state index is 12.4. The first-order valence-electron chi connectivity index (χ1n) is 10.0. The summed E-state index contributed by atoms with van der Waals surface area (Å²) in [5.74, 6) is 1.80. The molecule has 0 saturated heterocycles. The maximum Gasteiger partial charge on any atom is 0.257 e. The normalized spacial score (nSPS) is 10.5. The predicted octanol–water partition coefficient (Wildman–Crippen LogP) is 3.78. The maximum absolute atomic E-state index is 12.4. The van der Waals surface area contributed by atoms with Crippen LogP contribution < -0.4 is 19.5 Å². The van der Waals surface area contributed by atoms with Gasteiger partial charge in [0.05, 0.1) is 32.6 Å². The SMILES string of the molecule is CCCCCNc1nc(C)c(-c2c(OC)cc(C(=O)N(C)C)cc2OC)nc1OC. The molecule has 1 amide bonds. The summed E-state index contributed by atoms with van der Waals surface area (Å²) in [6.45, 7) is 4.83. The summed E-state index contributed by atoms with van der Waals surface area (Å²) in [6, 6.07) is 3.37. The number of ether oxygens (including phenoxy) is 3. The van der Waals surface area contributed by atoms with E-state index in [0.717, 1.165) is 25.8 Å². The Morgan fingerprint density at radius 3 is 2.17 bits per heavy atom. The first-order chi connectivity index (χ1) is 14.4. The van der Waals surface area contributed by atoms with Crippen molar-refractivity contribution in [3.8, 4) is 28.6 Å². The highest BCUT2D eigenvalue weighted by Crippen LogP contribution is 2.41. The van der Waals surface area contributed by atoms with Crippen LogP contribution in [0, 0.1) is 6.92 Å². The van der Waals surface area contributed by atoms with Gasteiger partial charge in [-0.25, -0.2) is 9.97 Å². The Labute approximate surface area is 178 Å². The van der Waals surface area contributed by atoms with Gasteiger partial charge < -0.3 is 24.4 Å². The Balaban J connectivity index is 2.55. The van der Waals surface area contributed by atoms with E-state index in [1.807, 2.05) is 6.92 Å². The van der Waals surface area contributed by atoms with Crippen LogP contribution in [0.5, 0.6) is 17.4 Å². The summed E-state index contributed by atoms with van der Waals surface area (Å²) >= 11 is 0. The van der Waals surface area contributed by atoms with Gasteiger partial charge in [0, 0.05) is 26.2 Å². The number of carbonyl (C=O) groups is 1. The molecule has 0 aliphatic rings. The van der Waals surface area contributed by atoms with Crippen LogP contribution in [0.2, 0.25) is 0 Å². The van der Waals surface area contributed by atoms with Gasteiger partial charge in [0.15, 0.2) is 5.82 Å². The molecule has 30 heavy (non-hydrogen) atoms. The molecule has 1 aromatic carbocycles. The number of nitrogens with zero attached hydrogens (tertiary/aromatic N) is 3. The number of aryl methyl sites for hydroxylation is 1. The average Bonchev–Trinajstić information content (AvgIpc) is 2.75. The molecule has 0 aliphatic carbocycles. The summed E-state index contributed by atoms with van der Waals surface area (Å²) in [7, 11) is 8.05. The molecule has 0 spiro atoms. The molecule has 0 atom stereocenters. The lowest BCUT2D eigenvalue weighted by Crippen LogP contribution is -2.21. The van der Waals surface area contributed by atoms with Crippen LogP contribution in [0.1, 0.15) is 42.2 Å². The molecule has 2 aromatic rings. The second-order valence-corrected chi connectivity index (χ2v) is 7.10. The number of aromatic nitrogens is 2. The lowest BCUT2D eigenvalue weighted by atomic mass is 10.0. The van der Waals surface area contributed by atoms with E-state index in [1.54, 1.807) is 47.6 Å². The summed E-state index contributed by atoms with van der Waals surface area (Å²) in [5.41, 5.74) is 2.35. The minimum atomic E-state index is -0.148. The second-order valence-electron chi connectivity index (χ2n) is 7.10. The van der Waals surface area contributed by atoms with Crippen LogP contribution in [-0.4, -0.2) is 62.7 Å². The van der Waals surface area contributed by atoms with Crippen molar-refractivity contribution in [2.24, 2.45) is 0 Å². The fourth-order valence-electron chi connectivity index (χ4n) is 3.11. The average molecular weight is 417 g/mol. The van der Waals surface area contributed by atoms with Gasteiger partial charge in [0.1, 0.15) is 17.2 Å². The topological polar surface area (TPSA) is 85.8 Å². The molecule has 2 rings (SSSR count). The van der Waals surface area contributed by atoms with E-state index < -0.39 is 0 Å². The predicted molar refractivity (Wildman–Crippen MR) is 118 cm³/mol. The Kier molecular flexibility index (Phi) is 8.26. The number of amides is 1. The van der Waals surface area contributed by atoms with Crippen molar-refractivity contribution in [3.05, 3.63) is 23.4 Å². The smallest absolute Gasteiger partial charge is 0.257 e. The van der Waals surface area contributed by atoms with E-state index in [1.165, 1.54) is 4.90 Å². The van der Waals surface area contributed by atoms with Crippen LogP contribution in [0.15, 0.2) is 12.1 Å². The summed E-state index contributed by atoms with van der Waals surface area (Å²) < 4.78 is 16.7. The lowest BCUT2D eigenvalue weighted by molar-refractivity contribution is 0.0827. The molecule has 0 fully saturated rings. The number of rotatable bonds is 10. The van der Waals surface area contributed by atoms with Gasteiger partial charge in [-0.3, -0.25) is 4.79 Å². The molecule has 0 saturated carbocycles. The molecule has 0 unspecified atom stereocenters. The Morgan fingerprint density at radius 1 is 1.03 bits per heavy atom. The van der Waals surface area contributed by atoms with Gasteiger partial charge in [-0.1, -0.05) is 19.8 Å². The molecule has 0 bridgehead atoms. The van der Waals surface area contributed by atoms with E-state index in [9.17, 15) is 4.79 Å². The van der Waals surface area contributed by atoms with Crippen molar-refractivity contribution in [2.75, 3.05) is 47.3 Å². The number of hydrogen-bond donors (Lipinski definition) is 1. The minimum absolute atomic E-state index is 0.148. The first kappa shape index (κ1) is 23.3. The van der Waals surface area contributed by atoms with Crippen molar-refractivity contribution < 1.29 is 19.0 Å². The molecular formula is C22H32N4O4. The number of methoxy groups -OCH3 is 3. The quantitative estimate of drug-likeness (QED) is 0.590. The van der Waals surface area contributed by atoms with Crippen molar-refractivity contribution in [2.45, 2.75) is 33.1 Å². The fourth-order valence-corrected chi connectivity index (χ4v) is 3.11. The highest BCUT2D eigenvalue weighted by atomic mass is 16.5. The number of carbonyl (C=O) groups excluding carboxylic acids is 1. The van der Waals surface area contributed by atoms with Crippen molar-refractivity contribution in [1.82, 2.24) is 14.9 Å². The van der Waals surface area contributed by atoms with Gasteiger partial charge in [0.25, 0.3) is 11.8 Å². The second kappa shape index (κ2) is 10.7. The van der Waals surface area contributed by atoms with Gasteiger partial charge in [0.2, 0.25) is 0 Å². The van der Waals surface area contributed by atoms with Crippen molar-refractivity contribution in [3.63, 3.8) is 0 Å². The third-order valence-electron chi connectivity index (χ3n) is 4.70. The number of nitrogens with one attached hydrogen (secondary N) is 1. The summed E-state index contributed by atoms with van der Waals surface area (Å²) in [5, 5.41) is 3.30. The van der Waals surface area contributed by atoms with Gasteiger partial charge in [-0.15, -0.1) is 0 Å². The molecule has 0 aliphatic heterocycles. The third kappa shape index (κ3) is 5.11. The third-order valence-corrected chi connectivity index (χ3v) is 4.70. The van der Waals surface area contributed by atoms with Crippen LogP contribution in [-0.2, 0) is 0 Å². The zero-order valence-electron chi connectivity index (χ0n) is 19.0. The summed E-state index contributed by atoms with van der Waals surface area (Å²) in [4.78, 5) is 23.3. The lowest BCUT2D eigenvalue weighted by Gasteiger charge is -2.19. The van der Waals surface area contributed by atoms with Crippen LogP contribution in [0.25, 0.3) is 11.3 Å². The number of unbranched alkanes of at least 4 members (excludes halogenated alkanes) is 2. The molecule has 1 aromatic heterocycles. The van der Waals surface area contributed by atoms with E-state index in [-0.39, 0.29) is 5.91 Å². The molecular weight excluding hydrogens is 384 g/mol. The zero-order chi connectivity index (χ0) is 22.3. The van der Waals surface area contributed by atoms with E-state index >= 15 is 0 Å². The van der Waals surface area contributed by atoms with E-state index in [2.05, 4.69) is 22.2 Å². The van der Waals surface area contributed by atoms with Crippen LogP contribution >= 0.6 is 0 Å². The van der Waals surface area contributed by atoms with Crippen LogP contribution in [0.4, 0.5) is 5.82 Å². The Bertz CT molecular complexity index is 859. The molecule has 8 nitrogen and oxygen atoms in total. The highest BCUT2D eigenvalue weighted by molar-refractivity contribution is 5.96. The van der Waals surface area contributed by atoms with Crippen LogP contribution in [0.3, 0.4) is 0 Å². The van der Waals surface area contributed by atoms with Gasteiger partial charge in [-0.05, 0) is 25.5 Å². The Hall–Kier alpha value is -3.03. The molecule has 1 N–H and O–H groups in total. The van der Waals surface area contributed by atoms with Crippen molar-refractivity contribution in [1.29, 1.82) is 0 Å². The summed E-state index contributed by atoms with van der Waals surface area (Å²) in [6.07, 6.45) is 3.34. The monoisotopic (exact) mass is 416 g/mol. The first-order valence-corrected chi connectivity index (χ1v) is 10.0. The van der Waals surface area contributed by atoms with Gasteiger partial charge >= 0.3 is 0 Å². The Morgan fingerprint density at radius 2 is 1.67 bits per heavy atom. The van der Waals surface area contributed by atoms with E-state index in [0.29, 0.717) is 45.7 Å². The minimum Gasteiger partial charge on any atom is -0.496 e. The number of anilines is 1. The molecule has 0 radical (unpaired) electrons. The highest BCUT2D eigenvalue weighted by Gasteiger charge is 2.23.